The van der Waals surface area contributed by atoms with Crippen LogP contribution in [0.15, 0.2) is 30.3 Å². The summed E-state index contributed by atoms with van der Waals surface area (Å²) in [5.41, 5.74) is 1.40. The Hall–Kier alpha value is -2.13. The number of carbonyl (C=O) groups is 2. The normalized spacial score (nSPS) is 20.9. The topological polar surface area (TPSA) is 78.9 Å². The van der Waals surface area contributed by atoms with Gasteiger partial charge in [-0.3, -0.25) is 9.69 Å². The zero-order valence-electron chi connectivity index (χ0n) is 18.0. The Morgan fingerprint density at radius 2 is 1.81 bits per heavy atom. The van der Waals surface area contributed by atoms with Crippen molar-refractivity contribution in [1.82, 2.24) is 10.2 Å². The summed E-state index contributed by atoms with van der Waals surface area (Å²) in [6.07, 6.45) is -1.27. The first kappa shape index (κ1) is 25.1. The lowest BCUT2D eigenvalue weighted by Crippen LogP contribution is -2.43. The Labute approximate surface area is 180 Å². The van der Waals surface area contributed by atoms with Gasteiger partial charge in [0.25, 0.3) is 0 Å². The van der Waals surface area contributed by atoms with E-state index in [1.165, 1.54) is 5.56 Å². The van der Waals surface area contributed by atoms with Crippen molar-refractivity contribution in [2.75, 3.05) is 19.7 Å². The maximum atomic E-state index is 12.0. The number of rotatable bonds is 5. The summed E-state index contributed by atoms with van der Waals surface area (Å²) in [5, 5.41) is 10.1. The Kier molecular flexibility index (Phi) is 8.88. The highest BCUT2D eigenvalue weighted by atomic mass is 19.4. The Morgan fingerprint density at radius 3 is 2.32 bits per heavy atom. The number of ether oxygens (including phenoxy) is 1. The maximum absolute atomic E-state index is 12.0. The van der Waals surface area contributed by atoms with E-state index in [1.807, 2.05) is 13.8 Å². The number of nitrogens with zero attached hydrogens (tertiary/aromatic N) is 1. The van der Waals surface area contributed by atoms with E-state index in [1.54, 1.807) is 0 Å². The van der Waals surface area contributed by atoms with Crippen molar-refractivity contribution in [2.45, 2.75) is 63.9 Å². The molecule has 1 amide bonds. The van der Waals surface area contributed by atoms with E-state index in [2.05, 4.69) is 40.5 Å². The first-order valence-corrected chi connectivity index (χ1v) is 10.5. The van der Waals surface area contributed by atoms with Crippen LogP contribution in [0, 0.1) is 5.92 Å². The molecule has 0 aliphatic carbocycles. The second-order valence-corrected chi connectivity index (χ2v) is 8.56. The number of carboxylic acids is 1. The van der Waals surface area contributed by atoms with Gasteiger partial charge in [0.15, 0.2) is 0 Å². The first-order valence-electron chi connectivity index (χ1n) is 10.5. The van der Waals surface area contributed by atoms with Crippen LogP contribution in [0.4, 0.5) is 13.2 Å². The molecule has 1 unspecified atom stereocenters. The van der Waals surface area contributed by atoms with E-state index in [-0.39, 0.29) is 17.6 Å². The van der Waals surface area contributed by atoms with Crippen LogP contribution in [0.2, 0.25) is 0 Å². The Balaban J connectivity index is 0.000000423. The van der Waals surface area contributed by atoms with Crippen molar-refractivity contribution in [1.29, 1.82) is 0 Å². The molecule has 1 aromatic rings. The second kappa shape index (κ2) is 10.9. The molecule has 9 heteroatoms. The van der Waals surface area contributed by atoms with Gasteiger partial charge in [0.2, 0.25) is 5.91 Å². The smallest absolute Gasteiger partial charge is 0.475 e. The van der Waals surface area contributed by atoms with E-state index < -0.39 is 12.1 Å². The summed E-state index contributed by atoms with van der Waals surface area (Å²) in [5.74, 6) is -2.21. The third kappa shape index (κ3) is 8.49. The van der Waals surface area contributed by atoms with E-state index in [0.717, 1.165) is 45.5 Å². The van der Waals surface area contributed by atoms with E-state index in [9.17, 15) is 18.0 Å². The minimum Gasteiger partial charge on any atom is -0.475 e. The number of hydrogen-bond acceptors (Lipinski definition) is 4. The second-order valence-electron chi connectivity index (χ2n) is 8.56. The van der Waals surface area contributed by atoms with Gasteiger partial charge in [0.05, 0.1) is 12.2 Å². The number of nitrogens with one attached hydrogen (secondary N) is 1. The largest absolute Gasteiger partial charge is 0.490 e. The molecule has 1 spiro atoms. The third-order valence-electron chi connectivity index (χ3n) is 5.47. The molecular formula is C22H31F3N2O4. The van der Waals surface area contributed by atoms with Crippen molar-refractivity contribution in [2.24, 2.45) is 5.92 Å². The van der Waals surface area contributed by atoms with Gasteiger partial charge in [-0.25, -0.2) is 4.79 Å². The zero-order valence-corrected chi connectivity index (χ0v) is 18.0. The number of benzene rings is 1. The number of halogens is 3. The van der Waals surface area contributed by atoms with Crippen LogP contribution >= 0.6 is 0 Å². The SMILES string of the molecule is CC(C)NC(=O)CC1COC2(CCN(Cc3ccccc3)CC2)C1.O=C(O)C(F)(F)F. The highest BCUT2D eigenvalue weighted by Gasteiger charge is 2.43. The molecule has 0 aromatic heterocycles. The predicted molar refractivity (Wildman–Crippen MR) is 109 cm³/mol. The van der Waals surface area contributed by atoms with Crippen LogP contribution < -0.4 is 5.32 Å². The van der Waals surface area contributed by atoms with Crippen molar-refractivity contribution >= 4 is 11.9 Å². The summed E-state index contributed by atoms with van der Waals surface area (Å²) in [6, 6.07) is 10.9. The molecule has 2 aliphatic rings. The molecule has 0 bridgehead atoms. The van der Waals surface area contributed by atoms with Crippen LogP contribution in [-0.2, 0) is 20.9 Å². The summed E-state index contributed by atoms with van der Waals surface area (Å²) < 4.78 is 37.9. The summed E-state index contributed by atoms with van der Waals surface area (Å²) >= 11 is 0. The molecule has 31 heavy (non-hydrogen) atoms. The summed E-state index contributed by atoms with van der Waals surface area (Å²) in [7, 11) is 0. The van der Waals surface area contributed by atoms with Crippen LogP contribution in [0.25, 0.3) is 0 Å². The lowest BCUT2D eigenvalue weighted by molar-refractivity contribution is -0.192. The third-order valence-corrected chi connectivity index (χ3v) is 5.47. The van der Waals surface area contributed by atoms with Crippen molar-refractivity contribution in [3.05, 3.63) is 35.9 Å². The van der Waals surface area contributed by atoms with Crippen molar-refractivity contribution in [3.63, 3.8) is 0 Å². The number of carbonyl (C=O) groups excluding carboxylic acids is 1. The summed E-state index contributed by atoms with van der Waals surface area (Å²) in [4.78, 5) is 23.4. The minimum absolute atomic E-state index is 0.0238. The molecule has 2 saturated heterocycles. The van der Waals surface area contributed by atoms with Gasteiger partial charge in [0, 0.05) is 32.1 Å². The van der Waals surface area contributed by atoms with Gasteiger partial charge in [-0.05, 0) is 44.6 Å². The van der Waals surface area contributed by atoms with Crippen LogP contribution in [0.1, 0.15) is 45.1 Å². The summed E-state index contributed by atoms with van der Waals surface area (Å²) in [6.45, 7) is 7.95. The molecule has 174 valence electrons. The fraction of sp³-hybridized carbons (Fsp3) is 0.636. The minimum atomic E-state index is -5.08. The van der Waals surface area contributed by atoms with Gasteiger partial charge < -0.3 is 15.2 Å². The highest BCUT2D eigenvalue weighted by Crippen LogP contribution is 2.40. The predicted octanol–water partition coefficient (Wildman–Crippen LogP) is 3.61. The molecule has 2 N–H and O–H groups in total. The lowest BCUT2D eigenvalue weighted by atomic mass is 9.84. The molecule has 6 nitrogen and oxygen atoms in total. The molecule has 2 aliphatic heterocycles. The number of likely N-dealkylation sites (tertiary alicyclic amines) is 1. The number of amides is 1. The quantitative estimate of drug-likeness (QED) is 0.726. The molecule has 0 radical (unpaired) electrons. The molecule has 1 aromatic carbocycles. The standard InChI is InChI=1S/C20H30N2O2.C2HF3O2/c1-16(2)21-19(23)12-18-13-20(24-15-18)8-10-22(11-9-20)14-17-6-4-3-5-7-17;3-2(4,5)1(6)7/h3-7,16,18H,8-15H2,1-2H3,(H,21,23);(H,6,7). The number of piperidine rings is 1. The van der Waals surface area contributed by atoms with Crippen LogP contribution in [-0.4, -0.2) is 59.4 Å². The van der Waals surface area contributed by atoms with E-state index in [4.69, 9.17) is 14.6 Å². The van der Waals surface area contributed by atoms with E-state index >= 15 is 0 Å². The Bertz CT molecular complexity index is 717. The number of hydrogen-bond donors (Lipinski definition) is 2. The monoisotopic (exact) mass is 444 g/mol. The fourth-order valence-electron chi connectivity index (χ4n) is 4.02. The average Bonchev–Trinajstić information content (AvgIpc) is 3.06. The molecular weight excluding hydrogens is 413 g/mol. The molecule has 2 heterocycles. The number of carboxylic acid groups (broad SMARTS) is 1. The van der Waals surface area contributed by atoms with Crippen molar-refractivity contribution < 1.29 is 32.6 Å². The zero-order chi connectivity index (χ0) is 23.1. The molecule has 3 rings (SSSR count). The van der Waals surface area contributed by atoms with Crippen LogP contribution in [0.3, 0.4) is 0 Å². The highest BCUT2D eigenvalue weighted by molar-refractivity contribution is 5.76. The van der Waals surface area contributed by atoms with Gasteiger partial charge in [-0.2, -0.15) is 13.2 Å². The van der Waals surface area contributed by atoms with Gasteiger partial charge in [-0.15, -0.1) is 0 Å². The average molecular weight is 444 g/mol. The number of aliphatic carboxylic acids is 1. The Morgan fingerprint density at radius 1 is 1.23 bits per heavy atom. The molecule has 0 saturated carbocycles. The number of alkyl halides is 3. The molecule has 1 atom stereocenters. The lowest BCUT2D eigenvalue weighted by Gasteiger charge is -2.38. The first-order chi connectivity index (χ1) is 14.5. The van der Waals surface area contributed by atoms with Gasteiger partial charge >= 0.3 is 12.1 Å². The van der Waals surface area contributed by atoms with E-state index in [0.29, 0.717) is 12.3 Å². The van der Waals surface area contributed by atoms with Gasteiger partial charge in [-0.1, -0.05) is 30.3 Å². The molecule has 2 fully saturated rings. The maximum Gasteiger partial charge on any atom is 0.490 e. The van der Waals surface area contributed by atoms with Crippen LogP contribution in [0.5, 0.6) is 0 Å². The fourth-order valence-corrected chi connectivity index (χ4v) is 4.02. The van der Waals surface area contributed by atoms with Gasteiger partial charge in [0.1, 0.15) is 0 Å². The van der Waals surface area contributed by atoms with Crippen molar-refractivity contribution in [3.8, 4) is 0 Å².